The van der Waals surface area contributed by atoms with Crippen LogP contribution >= 0.6 is 0 Å². The predicted octanol–water partition coefficient (Wildman–Crippen LogP) is 1.15. The zero-order valence-corrected chi connectivity index (χ0v) is 16.9. The quantitative estimate of drug-likeness (QED) is 0.706. The standard InChI is InChI=1S/C22H28N4O3/c1-3-15(25-12-14(13-25)24-10-5-11-24)19-16(4-2)26(21(29)22(19)8-9-22)17-6-7-18(27)23-20(17)28/h3-4,14,17H,2,5-13H2,1H3,(H,23,27,28)/b15-3+. The lowest BCUT2D eigenvalue weighted by Crippen LogP contribution is -2.62. The number of nitrogens with zero attached hydrogens (tertiary/aromatic N) is 3. The fraction of sp³-hybridized carbons (Fsp3) is 0.591. The number of piperidine rings is 1. The Balaban J connectivity index is 1.46. The van der Waals surface area contributed by atoms with Gasteiger partial charge in [-0.1, -0.05) is 12.7 Å². The molecule has 4 fully saturated rings. The summed E-state index contributed by atoms with van der Waals surface area (Å²) in [4.78, 5) is 44.1. The molecule has 7 nitrogen and oxygen atoms in total. The number of rotatable bonds is 5. The second-order valence-electron chi connectivity index (χ2n) is 8.81. The molecule has 0 bridgehead atoms. The van der Waals surface area contributed by atoms with Crippen molar-refractivity contribution in [1.29, 1.82) is 0 Å². The number of hydrogen-bond acceptors (Lipinski definition) is 5. The van der Waals surface area contributed by atoms with Gasteiger partial charge in [0.15, 0.2) is 0 Å². The van der Waals surface area contributed by atoms with E-state index in [9.17, 15) is 14.4 Å². The second kappa shape index (κ2) is 6.55. The molecule has 3 amide bonds. The molecule has 0 aromatic rings. The predicted molar refractivity (Wildman–Crippen MR) is 107 cm³/mol. The number of likely N-dealkylation sites (tertiary alicyclic amines) is 2. The fourth-order valence-corrected chi connectivity index (χ4v) is 5.29. The number of nitrogens with one attached hydrogen (secondary N) is 1. The van der Waals surface area contributed by atoms with Crippen LogP contribution in [-0.2, 0) is 14.4 Å². The minimum Gasteiger partial charge on any atom is -0.368 e. The summed E-state index contributed by atoms with van der Waals surface area (Å²) in [6.45, 7) is 10.4. The van der Waals surface area contributed by atoms with Gasteiger partial charge in [0.2, 0.25) is 17.7 Å². The van der Waals surface area contributed by atoms with Crippen molar-refractivity contribution in [1.82, 2.24) is 20.0 Å². The zero-order valence-electron chi connectivity index (χ0n) is 16.9. The molecule has 5 aliphatic rings. The second-order valence-corrected chi connectivity index (χ2v) is 8.81. The van der Waals surface area contributed by atoms with E-state index in [2.05, 4.69) is 27.8 Å². The van der Waals surface area contributed by atoms with Crippen molar-refractivity contribution in [3.63, 3.8) is 0 Å². The third-order valence-electron chi connectivity index (χ3n) is 7.23. The minimum atomic E-state index is -0.633. The van der Waals surface area contributed by atoms with E-state index in [0.717, 1.165) is 42.9 Å². The van der Waals surface area contributed by atoms with Gasteiger partial charge in [-0.05, 0) is 51.8 Å². The molecule has 0 aromatic carbocycles. The van der Waals surface area contributed by atoms with Crippen LogP contribution in [0.25, 0.3) is 0 Å². The number of amides is 3. The molecule has 4 aliphatic heterocycles. The lowest BCUT2D eigenvalue weighted by molar-refractivity contribution is -0.144. The van der Waals surface area contributed by atoms with Gasteiger partial charge < -0.3 is 4.90 Å². The molecule has 7 heteroatoms. The average molecular weight is 396 g/mol. The molecule has 1 atom stereocenters. The Morgan fingerprint density at radius 2 is 1.93 bits per heavy atom. The number of hydrogen-bond donors (Lipinski definition) is 1. The molecule has 3 saturated heterocycles. The van der Waals surface area contributed by atoms with E-state index >= 15 is 0 Å². The number of carbonyl (C=O) groups excluding carboxylic acids is 3. The molecule has 5 rings (SSSR count). The van der Waals surface area contributed by atoms with Crippen LogP contribution in [0.4, 0.5) is 0 Å². The molecule has 1 saturated carbocycles. The van der Waals surface area contributed by atoms with Gasteiger partial charge in [0.1, 0.15) is 6.04 Å². The first kappa shape index (κ1) is 18.6. The normalized spacial score (nSPS) is 29.9. The molecule has 1 aliphatic carbocycles. The Bertz CT molecular complexity index is 859. The van der Waals surface area contributed by atoms with Crippen molar-refractivity contribution < 1.29 is 14.4 Å². The average Bonchev–Trinajstić information content (AvgIpc) is 3.38. The third-order valence-corrected chi connectivity index (χ3v) is 7.23. The molecule has 4 heterocycles. The van der Waals surface area contributed by atoms with Crippen molar-refractivity contribution in [2.45, 2.75) is 51.1 Å². The summed E-state index contributed by atoms with van der Waals surface area (Å²) in [5.41, 5.74) is 2.38. The van der Waals surface area contributed by atoms with E-state index in [1.54, 1.807) is 11.0 Å². The zero-order chi connectivity index (χ0) is 20.3. The van der Waals surface area contributed by atoms with Gasteiger partial charge in [-0.15, -0.1) is 0 Å². The Kier molecular flexibility index (Phi) is 4.21. The lowest BCUT2D eigenvalue weighted by Gasteiger charge is -2.51. The van der Waals surface area contributed by atoms with Gasteiger partial charge in [-0.25, -0.2) is 0 Å². The Morgan fingerprint density at radius 3 is 2.45 bits per heavy atom. The number of allylic oxidation sites excluding steroid dienone is 3. The molecule has 1 unspecified atom stereocenters. The van der Waals surface area contributed by atoms with E-state index in [1.165, 1.54) is 19.5 Å². The fourth-order valence-electron chi connectivity index (χ4n) is 5.29. The Morgan fingerprint density at radius 1 is 1.21 bits per heavy atom. The topological polar surface area (TPSA) is 73.0 Å². The first-order valence-corrected chi connectivity index (χ1v) is 10.7. The molecule has 29 heavy (non-hydrogen) atoms. The van der Waals surface area contributed by atoms with Crippen molar-refractivity contribution in [3.8, 4) is 0 Å². The summed E-state index contributed by atoms with van der Waals surface area (Å²) in [6.07, 6.45) is 7.35. The summed E-state index contributed by atoms with van der Waals surface area (Å²) in [6, 6.07) is -0.0310. The van der Waals surface area contributed by atoms with E-state index < -0.39 is 11.5 Å². The summed E-state index contributed by atoms with van der Waals surface area (Å²) < 4.78 is 0. The number of imide groups is 1. The summed E-state index contributed by atoms with van der Waals surface area (Å²) in [5.74, 6) is -0.652. The highest BCUT2D eigenvalue weighted by Gasteiger charge is 2.63. The molecule has 1 N–H and O–H groups in total. The lowest BCUT2D eigenvalue weighted by atomic mass is 9.90. The van der Waals surface area contributed by atoms with Crippen LogP contribution in [0.15, 0.2) is 35.7 Å². The van der Waals surface area contributed by atoms with E-state index in [4.69, 9.17) is 0 Å². The van der Waals surface area contributed by atoms with Crippen LogP contribution in [0, 0.1) is 5.41 Å². The molecule has 1 spiro atoms. The third kappa shape index (κ3) is 2.63. The van der Waals surface area contributed by atoms with E-state index in [-0.39, 0.29) is 24.1 Å². The highest BCUT2D eigenvalue weighted by molar-refractivity contribution is 6.04. The molecular weight excluding hydrogens is 368 g/mol. The van der Waals surface area contributed by atoms with Crippen molar-refractivity contribution in [2.24, 2.45) is 5.41 Å². The van der Waals surface area contributed by atoms with Gasteiger partial charge in [-0.3, -0.25) is 29.5 Å². The maximum absolute atomic E-state index is 13.5. The number of carbonyl (C=O) groups is 3. The maximum Gasteiger partial charge on any atom is 0.249 e. The highest BCUT2D eigenvalue weighted by Crippen LogP contribution is 2.61. The first-order chi connectivity index (χ1) is 14.0. The molecular formula is C22H28N4O3. The van der Waals surface area contributed by atoms with Crippen LogP contribution in [0.5, 0.6) is 0 Å². The van der Waals surface area contributed by atoms with Crippen molar-refractivity contribution in [3.05, 3.63) is 35.7 Å². The summed E-state index contributed by atoms with van der Waals surface area (Å²) in [5, 5.41) is 2.39. The van der Waals surface area contributed by atoms with Crippen LogP contribution in [0.3, 0.4) is 0 Å². The van der Waals surface area contributed by atoms with Gasteiger partial charge >= 0.3 is 0 Å². The molecule has 154 valence electrons. The smallest absolute Gasteiger partial charge is 0.249 e. The van der Waals surface area contributed by atoms with Crippen LogP contribution in [0.2, 0.25) is 0 Å². The summed E-state index contributed by atoms with van der Waals surface area (Å²) >= 11 is 0. The first-order valence-electron chi connectivity index (χ1n) is 10.7. The van der Waals surface area contributed by atoms with Crippen molar-refractivity contribution >= 4 is 17.7 Å². The van der Waals surface area contributed by atoms with Gasteiger partial charge in [-0.2, -0.15) is 0 Å². The van der Waals surface area contributed by atoms with Gasteiger partial charge in [0.05, 0.1) is 11.1 Å². The monoisotopic (exact) mass is 396 g/mol. The van der Waals surface area contributed by atoms with Gasteiger partial charge in [0.25, 0.3) is 0 Å². The summed E-state index contributed by atoms with van der Waals surface area (Å²) in [7, 11) is 0. The van der Waals surface area contributed by atoms with E-state index in [0.29, 0.717) is 12.5 Å². The highest BCUT2D eigenvalue weighted by atomic mass is 16.2. The minimum absolute atomic E-state index is 0.00364. The van der Waals surface area contributed by atoms with Crippen LogP contribution in [0.1, 0.15) is 39.0 Å². The van der Waals surface area contributed by atoms with E-state index in [1.807, 2.05) is 6.92 Å². The Labute approximate surface area is 171 Å². The van der Waals surface area contributed by atoms with Gasteiger partial charge in [0, 0.05) is 36.8 Å². The molecule has 0 radical (unpaired) electrons. The Hall–Kier alpha value is -2.41. The molecule has 0 aromatic heterocycles. The maximum atomic E-state index is 13.5. The SMILES string of the molecule is C=CC1=C(/C(=C\C)N2CC(N3CCC3)C2)C2(CC2)C(=O)N1C1CCC(=O)NC1=O. The van der Waals surface area contributed by atoms with Crippen molar-refractivity contribution in [2.75, 3.05) is 26.2 Å². The van der Waals surface area contributed by atoms with Crippen LogP contribution in [-0.4, -0.2) is 70.7 Å². The largest absolute Gasteiger partial charge is 0.368 e. The van der Waals surface area contributed by atoms with Crippen LogP contribution < -0.4 is 5.32 Å².